The molecule has 2 rings (SSSR count). The fraction of sp³-hybridized carbons (Fsp3) is 0.429. The number of hydrogen-bond donors (Lipinski definition) is 1. The van der Waals surface area contributed by atoms with Gasteiger partial charge in [-0.15, -0.1) is 0 Å². The summed E-state index contributed by atoms with van der Waals surface area (Å²) in [5, 5.41) is 0.791. The van der Waals surface area contributed by atoms with E-state index in [0.29, 0.717) is 0 Å². The minimum atomic E-state index is -0.0200. The second-order valence-corrected chi connectivity index (χ2v) is 4.93. The van der Waals surface area contributed by atoms with Gasteiger partial charge < -0.3 is 5.73 Å². The maximum Gasteiger partial charge on any atom is 0.0525 e. The molecule has 1 aliphatic rings. The van der Waals surface area contributed by atoms with Crippen molar-refractivity contribution < 1.29 is 0 Å². The number of rotatable bonds is 2. The van der Waals surface area contributed by atoms with Crippen LogP contribution in [0.15, 0.2) is 29.8 Å². The van der Waals surface area contributed by atoms with E-state index in [1.807, 2.05) is 13.0 Å². The minimum absolute atomic E-state index is 0.0200. The molecule has 0 saturated heterocycles. The van der Waals surface area contributed by atoms with Crippen molar-refractivity contribution in [2.24, 2.45) is 5.73 Å². The predicted molar refractivity (Wildman–Crippen MR) is 69.7 cm³/mol. The van der Waals surface area contributed by atoms with E-state index in [2.05, 4.69) is 18.2 Å². The third kappa shape index (κ3) is 2.47. The average Bonchev–Trinajstić information content (AvgIpc) is 2.29. The van der Waals surface area contributed by atoms with Crippen LogP contribution >= 0.6 is 11.6 Å². The molecule has 1 aromatic rings. The van der Waals surface area contributed by atoms with E-state index in [1.165, 1.54) is 24.0 Å². The van der Waals surface area contributed by atoms with Gasteiger partial charge in [-0.25, -0.2) is 0 Å². The lowest BCUT2D eigenvalue weighted by atomic mass is 9.90. The molecule has 0 aliphatic heterocycles. The van der Waals surface area contributed by atoms with E-state index in [4.69, 9.17) is 17.3 Å². The van der Waals surface area contributed by atoms with Gasteiger partial charge >= 0.3 is 0 Å². The lowest BCUT2D eigenvalue weighted by Gasteiger charge is -2.21. The first-order valence-electron chi connectivity index (χ1n) is 5.89. The molecule has 86 valence electrons. The number of aryl methyl sites for hydroxylation is 1. The maximum atomic E-state index is 6.27. The molecule has 1 unspecified atom stereocenters. The van der Waals surface area contributed by atoms with Crippen molar-refractivity contribution in [1.29, 1.82) is 0 Å². The first-order chi connectivity index (χ1) is 7.68. The molecule has 0 aromatic heterocycles. The number of nitrogens with two attached hydrogens (primary N) is 1. The Morgan fingerprint density at radius 2 is 2.12 bits per heavy atom. The molecule has 2 heteroatoms. The summed E-state index contributed by atoms with van der Waals surface area (Å²) in [6, 6.07) is 6.09. The van der Waals surface area contributed by atoms with E-state index < -0.39 is 0 Å². The molecule has 2 N–H and O–H groups in total. The van der Waals surface area contributed by atoms with E-state index >= 15 is 0 Å². The predicted octanol–water partition coefficient (Wildman–Crippen LogP) is 4.15. The molecular formula is C14H18ClN. The molecule has 0 radical (unpaired) electrons. The van der Waals surface area contributed by atoms with Crippen LogP contribution in [0.25, 0.3) is 0 Å². The molecule has 1 aromatic carbocycles. The fourth-order valence-electron chi connectivity index (χ4n) is 2.23. The van der Waals surface area contributed by atoms with Crippen LogP contribution < -0.4 is 5.73 Å². The highest BCUT2D eigenvalue weighted by molar-refractivity contribution is 6.31. The molecule has 16 heavy (non-hydrogen) atoms. The van der Waals surface area contributed by atoms with Crippen LogP contribution in [0.3, 0.4) is 0 Å². The van der Waals surface area contributed by atoms with Gasteiger partial charge in [0.2, 0.25) is 0 Å². The third-order valence-electron chi connectivity index (χ3n) is 3.22. The Bertz CT molecular complexity index is 409. The summed E-state index contributed by atoms with van der Waals surface area (Å²) in [5.41, 5.74) is 9.85. The van der Waals surface area contributed by atoms with Crippen LogP contribution in [-0.4, -0.2) is 0 Å². The average molecular weight is 236 g/mol. The highest BCUT2D eigenvalue weighted by atomic mass is 35.5. The van der Waals surface area contributed by atoms with Crippen LogP contribution in [0, 0.1) is 6.92 Å². The fourth-order valence-corrected chi connectivity index (χ4v) is 2.58. The van der Waals surface area contributed by atoms with Crippen molar-refractivity contribution in [1.82, 2.24) is 0 Å². The standard InChI is InChI=1S/C14H18ClN/c1-10-7-8-12(13(15)9-10)14(16)11-5-3-2-4-6-11/h5,7-9,14H,2-4,6,16H2,1H3. The van der Waals surface area contributed by atoms with Gasteiger partial charge in [0, 0.05) is 5.02 Å². The van der Waals surface area contributed by atoms with Gasteiger partial charge in [-0.2, -0.15) is 0 Å². The number of hydrogen-bond acceptors (Lipinski definition) is 1. The lowest BCUT2D eigenvalue weighted by molar-refractivity contribution is 0.648. The van der Waals surface area contributed by atoms with E-state index in [1.54, 1.807) is 0 Å². The summed E-state index contributed by atoms with van der Waals surface area (Å²) in [5.74, 6) is 0. The zero-order valence-electron chi connectivity index (χ0n) is 9.67. The van der Waals surface area contributed by atoms with E-state index in [-0.39, 0.29) is 6.04 Å². The number of allylic oxidation sites excluding steroid dienone is 1. The van der Waals surface area contributed by atoms with Crippen molar-refractivity contribution in [3.63, 3.8) is 0 Å². The van der Waals surface area contributed by atoms with Gasteiger partial charge in [-0.3, -0.25) is 0 Å². The Hall–Kier alpha value is -0.790. The van der Waals surface area contributed by atoms with Crippen molar-refractivity contribution in [3.05, 3.63) is 46.0 Å². The molecule has 0 spiro atoms. The molecule has 0 heterocycles. The monoisotopic (exact) mass is 235 g/mol. The topological polar surface area (TPSA) is 26.0 Å². The lowest BCUT2D eigenvalue weighted by Crippen LogP contribution is -2.15. The molecule has 0 amide bonds. The summed E-state index contributed by atoms with van der Waals surface area (Å²) in [6.45, 7) is 2.04. The van der Waals surface area contributed by atoms with Gasteiger partial charge in [0.05, 0.1) is 6.04 Å². The maximum absolute atomic E-state index is 6.27. The summed E-state index contributed by atoms with van der Waals surface area (Å²) < 4.78 is 0. The van der Waals surface area contributed by atoms with Gasteiger partial charge in [-0.05, 0) is 49.8 Å². The Balaban J connectivity index is 2.26. The van der Waals surface area contributed by atoms with E-state index in [9.17, 15) is 0 Å². The summed E-state index contributed by atoms with van der Waals surface area (Å²) >= 11 is 6.24. The largest absolute Gasteiger partial charge is 0.321 e. The zero-order chi connectivity index (χ0) is 11.5. The van der Waals surface area contributed by atoms with Crippen LogP contribution in [0.4, 0.5) is 0 Å². The first-order valence-corrected chi connectivity index (χ1v) is 6.27. The minimum Gasteiger partial charge on any atom is -0.321 e. The normalized spacial score (nSPS) is 18.1. The summed E-state index contributed by atoms with van der Waals surface area (Å²) in [7, 11) is 0. The Morgan fingerprint density at radius 1 is 1.31 bits per heavy atom. The molecule has 0 fully saturated rings. The van der Waals surface area contributed by atoms with Crippen molar-refractivity contribution in [2.75, 3.05) is 0 Å². The number of benzene rings is 1. The van der Waals surface area contributed by atoms with Crippen LogP contribution in [0.5, 0.6) is 0 Å². The third-order valence-corrected chi connectivity index (χ3v) is 3.54. The number of halogens is 1. The second kappa shape index (κ2) is 5.03. The molecule has 0 bridgehead atoms. The summed E-state index contributed by atoms with van der Waals surface area (Å²) in [4.78, 5) is 0. The Labute approximate surface area is 102 Å². The Morgan fingerprint density at radius 3 is 2.75 bits per heavy atom. The highest BCUT2D eigenvalue weighted by Gasteiger charge is 2.16. The van der Waals surface area contributed by atoms with Crippen molar-refractivity contribution in [2.45, 2.75) is 38.6 Å². The quantitative estimate of drug-likeness (QED) is 0.766. The van der Waals surface area contributed by atoms with Crippen LogP contribution in [0.1, 0.15) is 42.9 Å². The van der Waals surface area contributed by atoms with Crippen LogP contribution in [0.2, 0.25) is 5.02 Å². The molecule has 1 nitrogen and oxygen atoms in total. The van der Waals surface area contributed by atoms with Gasteiger partial charge in [0.1, 0.15) is 0 Å². The van der Waals surface area contributed by atoms with Crippen molar-refractivity contribution in [3.8, 4) is 0 Å². The highest BCUT2D eigenvalue weighted by Crippen LogP contribution is 2.32. The second-order valence-electron chi connectivity index (χ2n) is 4.53. The first kappa shape index (κ1) is 11.7. The van der Waals surface area contributed by atoms with Gasteiger partial charge in [-0.1, -0.05) is 35.4 Å². The van der Waals surface area contributed by atoms with Gasteiger partial charge in [0.25, 0.3) is 0 Å². The SMILES string of the molecule is Cc1ccc(C(N)C2=CCCCC2)c(Cl)c1. The van der Waals surface area contributed by atoms with Crippen molar-refractivity contribution >= 4 is 11.6 Å². The molecule has 0 saturated carbocycles. The molecule has 1 aliphatic carbocycles. The molecular weight excluding hydrogens is 218 g/mol. The van der Waals surface area contributed by atoms with Gasteiger partial charge in [0.15, 0.2) is 0 Å². The van der Waals surface area contributed by atoms with E-state index in [0.717, 1.165) is 23.4 Å². The Kier molecular flexibility index (Phi) is 3.67. The van der Waals surface area contributed by atoms with Crippen LogP contribution in [-0.2, 0) is 0 Å². The smallest absolute Gasteiger partial charge is 0.0525 e. The zero-order valence-corrected chi connectivity index (χ0v) is 10.4. The molecule has 1 atom stereocenters. The summed E-state index contributed by atoms with van der Waals surface area (Å²) in [6.07, 6.45) is 7.10.